The quantitative estimate of drug-likeness (QED) is 0.389. The van der Waals surface area contributed by atoms with E-state index in [4.69, 9.17) is 0 Å². The number of nitrogens with zero attached hydrogens (tertiary/aromatic N) is 2. The summed E-state index contributed by atoms with van der Waals surface area (Å²) in [4.78, 5) is 45.3. The number of carbonyl (C=O) groups is 2. The molecule has 114 valence electrons. The van der Waals surface area contributed by atoms with Gasteiger partial charge in [0.25, 0.3) is 11.2 Å². The molecular weight excluding hydrogens is 290 g/mol. The molecule has 1 aromatic carbocycles. The van der Waals surface area contributed by atoms with E-state index < -0.39 is 16.3 Å². The smallest absolute Gasteiger partial charge is 0.282 e. The van der Waals surface area contributed by atoms with Crippen molar-refractivity contribution in [2.45, 2.75) is 20.3 Å². The molecule has 0 saturated carbocycles. The molecule has 8 nitrogen and oxygen atoms in total. The van der Waals surface area contributed by atoms with E-state index in [0.29, 0.717) is 11.4 Å². The van der Waals surface area contributed by atoms with Crippen molar-refractivity contribution in [2.75, 3.05) is 0 Å². The fraction of sp³-hybridized carbons (Fsp3) is 0.214. The molecule has 2 aromatic rings. The highest BCUT2D eigenvalue weighted by molar-refractivity contribution is 6.07. The number of hydrogen-bond acceptors (Lipinski definition) is 5. The number of nitro benzene ring substituents is 1. The van der Waals surface area contributed by atoms with Crippen molar-refractivity contribution >= 4 is 17.3 Å². The number of hydrogen-bond donors (Lipinski definition) is 1. The van der Waals surface area contributed by atoms with Crippen LogP contribution in [0, 0.1) is 17.0 Å². The highest BCUT2D eigenvalue weighted by Crippen LogP contribution is 2.15. The summed E-state index contributed by atoms with van der Waals surface area (Å²) in [7, 11) is 0. The van der Waals surface area contributed by atoms with Gasteiger partial charge in [-0.05, 0) is 26.0 Å². The number of non-ortho nitro benzene ring substituents is 1. The topological polar surface area (TPSA) is 115 Å². The fourth-order valence-corrected chi connectivity index (χ4v) is 2.09. The van der Waals surface area contributed by atoms with Crippen molar-refractivity contribution in [3.63, 3.8) is 0 Å². The van der Waals surface area contributed by atoms with Crippen molar-refractivity contribution in [3.8, 4) is 5.69 Å². The van der Waals surface area contributed by atoms with E-state index in [1.165, 1.54) is 31.2 Å². The van der Waals surface area contributed by atoms with Crippen LogP contribution in [-0.2, 0) is 4.79 Å². The number of ketones is 2. The maximum atomic E-state index is 12.3. The monoisotopic (exact) mass is 303 g/mol. The Morgan fingerprint density at radius 1 is 1.27 bits per heavy atom. The molecule has 0 unspecified atom stereocenters. The van der Waals surface area contributed by atoms with Gasteiger partial charge in [-0.2, -0.15) is 0 Å². The second kappa shape index (κ2) is 5.76. The number of carbonyl (C=O) groups excluding carboxylic acids is 2. The van der Waals surface area contributed by atoms with Crippen molar-refractivity contribution in [1.82, 2.24) is 9.78 Å². The first-order valence-corrected chi connectivity index (χ1v) is 6.40. The van der Waals surface area contributed by atoms with Crippen molar-refractivity contribution in [2.24, 2.45) is 0 Å². The lowest BCUT2D eigenvalue weighted by molar-refractivity contribution is -0.384. The molecule has 0 aliphatic heterocycles. The molecular formula is C14H13N3O5. The Hall–Kier alpha value is -3.03. The first-order chi connectivity index (χ1) is 10.3. The fourth-order valence-electron chi connectivity index (χ4n) is 2.09. The summed E-state index contributed by atoms with van der Waals surface area (Å²) >= 11 is 0. The van der Waals surface area contributed by atoms with Crippen LogP contribution in [0.5, 0.6) is 0 Å². The number of nitro groups is 1. The van der Waals surface area contributed by atoms with Crippen LogP contribution in [0.3, 0.4) is 0 Å². The van der Waals surface area contributed by atoms with Crippen LogP contribution in [0.1, 0.15) is 29.4 Å². The lowest BCUT2D eigenvalue weighted by atomic mass is 10.1. The van der Waals surface area contributed by atoms with Gasteiger partial charge < -0.3 is 0 Å². The third-order valence-electron chi connectivity index (χ3n) is 3.08. The number of Topliss-reactive ketones (excluding diaryl/α,β-unsaturated/α-hetero) is 2. The highest BCUT2D eigenvalue weighted by Gasteiger charge is 2.20. The summed E-state index contributed by atoms with van der Waals surface area (Å²) in [5, 5.41) is 13.4. The Labute approximate surface area is 124 Å². The molecule has 0 saturated heterocycles. The predicted molar refractivity (Wildman–Crippen MR) is 77.4 cm³/mol. The van der Waals surface area contributed by atoms with Gasteiger partial charge in [-0.25, -0.2) is 4.68 Å². The number of benzene rings is 1. The molecule has 0 spiro atoms. The van der Waals surface area contributed by atoms with Gasteiger partial charge in [-0.15, -0.1) is 0 Å². The minimum Gasteiger partial charge on any atom is -0.300 e. The first-order valence-electron chi connectivity index (χ1n) is 6.40. The molecule has 0 aliphatic carbocycles. The van der Waals surface area contributed by atoms with Crippen LogP contribution >= 0.6 is 0 Å². The lowest BCUT2D eigenvalue weighted by Crippen LogP contribution is -2.21. The van der Waals surface area contributed by atoms with E-state index in [1.54, 1.807) is 6.92 Å². The van der Waals surface area contributed by atoms with Crippen LogP contribution in [0.4, 0.5) is 5.69 Å². The van der Waals surface area contributed by atoms with Gasteiger partial charge in [0.15, 0.2) is 5.78 Å². The number of nitrogens with one attached hydrogen (secondary N) is 1. The molecule has 2 rings (SSSR count). The average molecular weight is 303 g/mol. The van der Waals surface area contributed by atoms with Crippen LogP contribution < -0.4 is 5.56 Å². The Kier molecular flexibility index (Phi) is 4.02. The van der Waals surface area contributed by atoms with E-state index in [2.05, 4.69) is 5.10 Å². The molecule has 1 heterocycles. The predicted octanol–water partition coefficient (Wildman–Crippen LogP) is 1.54. The average Bonchev–Trinajstić information content (AvgIpc) is 2.73. The molecule has 0 aliphatic rings. The van der Waals surface area contributed by atoms with Crippen LogP contribution in [0.15, 0.2) is 29.1 Å². The minimum atomic E-state index is -0.586. The summed E-state index contributed by atoms with van der Waals surface area (Å²) < 4.78 is 1.12. The van der Waals surface area contributed by atoms with Crippen molar-refractivity contribution < 1.29 is 14.5 Å². The second-order valence-electron chi connectivity index (χ2n) is 4.83. The van der Waals surface area contributed by atoms with E-state index in [9.17, 15) is 24.5 Å². The summed E-state index contributed by atoms with van der Waals surface area (Å²) in [6.07, 6.45) is -0.339. The normalized spacial score (nSPS) is 10.5. The number of aromatic amines is 1. The van der Waals surface area contributed by atoms with Gasteiger partial charge in [0.05, 0.1) is 17.0 Å². The number of aromatic nitrogens is 2. The summed E-state index contributed by atoms with van der Waals surface area (Å²) in [6.45, 7) is 2.82. The molecule has 0 bridgehead atoms. The molecule has 0 fully saturated rings. The van der Waals surface area contributed by atoms with Gasteiger partial charge in [0, 0.05) is 17.8 Å². The zero-order chi connectivity index (χ0) is 16.4. The summed E-state index contributed by atoms with van der Waals surface area (Å²) in [6, 6.07) is 5.31. The van der Waals surface area contributed by atoms with Gasteiger partial charge in [-0.3, -0.25) is 29.6 Å². The maximum absolute atomic E-state index is 12.3. The Morgan fingerprint density at radius 2 is 1.86 bits per heavy atom. The van der Waals surface area contributed by atoms with E-state index >= 15 is 0 Å². The largest absolute Gasteiger partial charge is 0.300 e. The molecule has 0 amide bonds. The zero-order valence-electron chi connectivity index (χ0n) is 12.0. The van der Waals surface area contributed by atoms with Crippen LogP contribution in [0.25, 0.3) is 5.69 Å². The number of aryl methyl sites for hydroxylation is 1. The third kappa shape index (κ3) is 2.85. The van der Waals surface area contributed by atoms with Gasteiger partial charge in [0.2, 0.25) is 0 Å². The van der Waals surface area contributed by atoms with E-state index in [0.717, 1.165) is 4.68 Å². The standard InChI is InChI=1S/C14H13N3O5/c1-8(18)7-12(19)13-9(2)15-16(14(13)20)10-3-5-11(6-4-10)17(21)22/h3-6,15H,7H2,1-2H3. The maximum Gasteiger partial charge on any atom is 0.282 e. The first kappa shape index (κ1) is 15.4. The minimum absolute atomic E-state index is 0.0754. The molecule has 0 radical (unpaired) electrons. The lowest BCUT2D eigenvalue weighted by Gasteiger charge is -2.00. The molecule has 0 atom stereocenters. The van der Waals surface area contributed by atoms with Crippen LogP contribution in [-0.4, -0.2) is 26.3 Å². The summed E-state index contributed by atoms with van der Waals surface area (Å²) in [5.74, 6) is -0.876. The van der Waals surface area contributed by atoms with Crippen LogP contribution in [0.2, 0.25) is 0 Å². The zero-order valence-corrected chi connectivity index (χ0v) is 12.0. The molecule has 22 heavy (non-hydrogen) atoms. The van der Waals surface area contributed by atoms with E-state index in [-0.39, 0.29) is 23.5 Å². The SMILES string of the molecule is CC(=O)CC(=O)c1c(C)[nH]n(-c2ccc([N+](=O)[O-])cc2)c1=O. The molecule has 8 heteroatoms. The van der Waals surface area contributed by atoms with Crippen molar-refractivity contribution in [3.05, 3.63) is 56.0 Å². The Balaban J connectivity index is 2.46. The van der Waals surface area contributed by atoms with Crippen molar-refractivity contribution in [1.29, 1.82) is 0 Å². The van der Waals surface area contributed by atoms with E-state index in [1.807, 2.05) is 0 Å². The number of rotatable bonds is 5. The van der Waals surface area contributed by atoms with Gasteiger partial charge in [0.1, 0.15) is 11.3 Å². The second-order valence-corrected chi connectivity index (χ2v) is 4.83. The molecule has 1 aromatic heterocycles. The summed E-state index contributed by atoms with van der Waals surface area (Å²) in [5.41, 5.74) is -0.0608. The third-order valence-corrected chi connectivity index (χ3v) is 3.08. The highest BCUT2D eigenvalue weighted by atomic mass is 16.6. The number of H-pyrrole nitrogens is 1. The van der Waals surface area contributed by atoms with Gasteiger partial charge in [-0.1, -0.05) is 0 Å². The van der Waals surface area contributed by atoms with Gasteiger partial charge >= 0.3 is 0 Å². The Morgan fingerprint density at radius 3 is 2.36 bits per heavy atom. The Bertz CT molecular complexity index is 814. The molecule has 1 N–H and O–H groups in total.